The molecule has 0 atom stereocenters. The Balaban J connectivity index is 1.93. The van der Waals surface area contributed by atoms with Gasteiger partial charge < -0.3 is 0 Å². The van der Waals surface area contributed by atoms with Gasteiger partial charge in [-0.1, -0.05) is 11.6 Å². The minimum atomic E-state index is -0.519. The van der Waals surface area contributed by atoms with Gasteiger partial charge in [0.25, 0.3) is 0 Å². The first-order chi connectivity index (χ1) is 11.6. The number of aromatic nitrogens is 4. The summed E-state index contributed by atoms with van der Waals surface area (Å²) in [6.07, 6.45) is 4.28. The predicted molar refractivity (Wildman–Crippen MR) is 86.6 cm³/mol. The second-order valence-electron chi connectivity index (χ2n) is 5.16. The zero-order valence-corrected chi connectivity index (χ0v) is 12.9. The number of halogens is 3. The molecule has 0 aliphatic rings. The molecule has 0 unspecified atom stereocenters. The van der Waals surface area contributed by atoms with E-state index in [-0.39, 0.29) is 5.02 Å². The van der Waals surface area contributed by atoms with Crippen LogP contribution >= 0.6 is 11.6 Å². The van der Waals surface area contributed by atoms with Crippen LogP contribution < -0.4 is 0 Å². The van der Waals surface area contributed by atoms with Crippen LogP contribution in [0.15, 0.2) is 55.1 Å². The van der Waals surface area contributed by atoms with Gasteiger partial charge in [0.15, 0.2) is 5.65 Å². The highest BCUT2D eigenvalue weighted by atomic mass is 35.5. The van der Waals surface area contributed by atoms with Gasteiger partial charge in [-0.3, -0.25) is 4.98 Å². The topological polar surface area (TPSA) is 43.1 Å². The number of rotatable bonds is 2. The van der Waals surface area contributed by atoms with Gasteiger partial charge in [0.05, 0.1) is 16.9 Å². The quantitative estimate of drug-likeness (QED) is 0.542. The molecule has 0 fully saturated rings. The lowest BCUT2D eigenvalue weighted by Crippen LogP contribution is -1.94. The van der Waals surface area contributed by atoms with E-state index in [1.165, 1.54) is 24.5 Å². The van der Waals surface area contributed by atoms with Crippen molar-refractivity contribution in [2.45, 2.75) is 0 Å². The van der Waals surface area contributed by atoms with Crippen molar-refractivity contribution in [2.75, 3.05) is 0 Å². The van der Waals surface area contributed by atoms with Gasteiger partial charge in [-0.2, -0.15) is 5.10 Å². The third-order valence-corrected chi connectivity index (χ3v) is 3.93. The molecule has 0 radical (unpaired) electrons. The van der Waals surface area contributed by atoms with E-state index in [0.717, 1.165) is 11.8 Å². The highest BCUT2D eigenvalue weighted by molar-refractivity contribution is 6.31. The molecule has 24 heavy (non-hydrogen) atoms. The second-order valence-corrected chi connectivity index (χ2v) is 5.56. The fourth-order valence-electron chi connectivity index (χ4n) is 2.52. The Bertz CT molecular complexity index is 1060. The molecule has 4 rings (SSSR count). The zero-order chi connectivity index (χ0) is 16.7. The Morgan fingerprint density at radius 2 is 1.83 bits per heavy atom. The van der Waals surface area contributed by atoms with Crippen molar-refractivity contribution in [2.24, 2.45) is 0 Å². The standard InChI is InChI=1S/C17H9ClF2N4/c18-14-5-11(1-2-15(14)20)17-13(7-12(19)8-21-17)10-3-4-24-16(6-10)22-9-23-24/h1-9H. The molecule has 0 spiro atoms. The summed E-state index contributed by atoms with van der Waals surface area (Å²) in [6.45, 7) is 0. The van der Waals surface area contributed by atoms with Gasteiger partial charge in [-0.25, -0.2) is 18.3 Å². The van der Waals surface area contributed by atoms with Gasteiger partial charge in [0.2, 0.25) is 0 Å². The number of hydrogen-bond donors (Lipinski definition) is 0. The third-order valence-electron chi connectivity index (χ3n) is 3.64. The van der Waals surface area contributed by atoms with Gasteiger partial charge in [0, 0.05) is 17.3 Å². The van der Waals surface area contributed by atoms with Gasteiger partial charge >= 0.3 is 0 Å². The molecule has 0 N–H and O–H groups in total. The highest BCUT2D eigenvalue weighted by Gasteiger charge is 2.13. The van der Waals surface area contributed by atoms with Gasteiger partial charge in [-0.05, 0) is 42.0 Å². The second kappa shape index (κ2) is 5.65. The maximum atomic E-state index is 13.8. The van der Waals surface area contributed by atoms with Crippen LogP contribution in [0.3, 0.4) is 0 Å². The first-order valence-corrected chi connectivity index (χ1v) is 7.40. The van der Waals surface area contributed by atoms with Crippen LogP contribution in [0.2, 0.25) is 5.02 Å². The van der Waals surface area contributed by atoms with Crippen LogP contribution in [0.4, 0.5) is 8.78 Å². The summed E-state index contributed by atoms with van der Waals surface area (Å²) in [7, 11) is 0. The molecule has 0 saturated carbocycles. The van der Waals surface area contributed by atoms with E-state index in [1.807, 2.05) is 0 Å². The number of nitrogens with zero attached hydrogens (tertiary/aromatic N) is 4. The Hall–Kier alpha value is -2.86. The maximum absolute atomic E-state index is 13.8. The fraction of sp³-hybridized carbons (Fsp3) is 0. The van der Waals surface area contributed by atoms with Crippen molar-refractivity contribution in [3.63, 3.8) is 0 Å². The Morgan fingerprint density at radius 1 is 0.958 bits per heavy atom. The lowest BCUT2D eigenvalue weighted by Gasteiger charge is -2.10. The summed E-state index contributed by atoms with van der Waals surface area (Å²) in [5.74, 6) is -0.989. The number of fused-ring (bicyclic) bond motifs is 1. The molecule has 3 heterocycles. The van der Waals surface area contributed by atoms with E-state index in [0.29, 0.717) is 22.5 Å². The summed E-state index contributed by atoms with van der Waals surface area (Å²) in [4.78, 5) is 8.29. The third kappa shape index (κ3) is 2.51. The van der Waals surface area contributed by atoms with Crippen LogP contribution in [0.25, 0.3) is 28.0 Å². The van der Waals surface area contributed by atoms with E-state index in [9.17, 15) is 8.78 Å². The normalized spacial score (nSPS) is 11.1. The van der Waals surface area contributed by atoms with Crippen molar-refractivity contribution in [1.82, 2.24) is 19.6 Å². The predicted octanol–water partition coefficient (Wildman–Crippen LogP) is 4.39. The number of hydrogen-bond acceptors (Lipinski definition) is 3. The lowest BCUT2D eigenvalue weighted by atomic mass is 10.00. The number of pyridine rings is 2. The van der Waals surface area contributed by atoms with E-state index >= 15 is 0 Å². The Kier molecular flexibility index (Phi) is 3.46. The number of benzene rings is 1. The molecule has 0 bridgehead atoms. The average Bonchev–Trinajstić information content (AvgIpc) is 3.05. The monoisotopic (exact) mass is 342 g/mol. The molecule has 7 heteroatoms. The molecule has 0 aliphatic heterocycles. The van der Waals surface area contributed by atoms with Crippen LogP contribution in [0, 0.1) is 11.6 Å². The van der Waals surface area contributed by atoms with Crippen LogP contribution in [-0.2, 0) is 0 Å². The van der Waals surface area contributed by atoms with Crippen molar-refractivity contribution in [3.8, 4) is 22.4 Å². The molecule has 0 amide bonds. The maximum Gasteiger partial charge on any atom is 0.155 e. The van der Waals surface area contributed by atoms with Crippen LogP contribution in [0.5, 0.6) is 0 Å². The van der Waals surface area contributed by atoms with Crippen molar-refractivity contribution >= 4 is 17.2 Å². The fourth-order valence-corrected chi connectivity index (χ4v) is 2.70. The molecule has 4 nitrogen and oxygen atoms in total. The van der Waals surface area contributed by atoms with Gasteiger partial charge in [-0.15, -0.1) is 0 Å². The summed E-state index contributed by atoms with van der Waals surface area (Å²) in [5.41, 5.74) is 3.00. The molecular weight excluding hydrogens is 334 g/mol. The van der Waals surface area contributed by atoms with Gasteiger partial charge in [0.1, 0.15) is 18.0 Å². The summed E-state index contributed by atoms with van der Waals surface area (Å²) in [5, 5.41) is 4.01. The lowest BCUT2D eigenvalue weighted by molar-refractivity contribution is 0.622. The van der Waals surface area contributed by atoms with Crippen molar-refractivity contribution in [1.29, 1.82) is 0 Å². The van der Waals surface area contributed by atoms with Crippen molar-refractivity contribution < 1.29 is 8.78 Å². The van der Waals surface area contributed by atoms with E-state index in [4.69, 9.17) is 11.6 Å². The Morgan fingerprint density at radius 3 is 2.67 bits per heavy atom. The van der Waals surface area contributed by atoms with Crippen LogP contribution in [0.1, 0.15) is 0 Å². The SMILES string of the molecule is Fc1cnc(-c2ccc(F)c(Cl)c2)c(-c2ccn3ncnc3c2)c1. The summed E-state index contributed by atoms with van der Waals surface area (Å²) < 4.78 is 28.8. The highest BCUT2D eigenvalue weighted by Crippen LogP contribution is 2.33. The first-order valence-electron chi connectivity index (χ1n) is 7.02. The average molecular weight is 343 g/mol. The molecule has 4 aromatic rings. The molecule has 3 aromatic heterocycles. The van der Waals surface area contributed by atoms with E-state index in [1.54, 1.807) is 28.9 Å². The summed E-state index contributed by atoms with van der Waals surface area (Å²) in [6, 6.07) is 9.22. The van der Waals surface area contributed by atoms with Crippen LogP contribution in [-0.4, -0.2) is 19.6 Å². The molecule has 118 valence electrons. The Labute approximate surface area is 140 Å². The summed E-state index contributed by atoms with van der Waals surface area (Å²) >= 11 is 5.86. The molecule has 0 saturated heterocycles. The smallest absolute Gasteiger partial charge is 0.155 e. The minimum absolute atomic E-state index is 0.0162. The largest absolute Gasteiger partial charge is 0.253 e. The van der Waals surface area contributed by atoms with E-state index < -0.39 is 11.6 Å². The minimum Gasteiger partial charge on any atom is -0.253 e. The van der Waals surface area contributed by atoms with E-state index in [2.05, 4.69) is 15.1 Å². The first kappa shape index (κ1) is 14.7. The molecule has 0 aliphatic carbocycles. The molecule has 1 aromatic carbocycles. The zero-order valence-electron chi connectivity index (χ0n) is 12.1. The molecular formula is C17H9ClF2N4. The van der Waals surface area contributed by atoms with Crippen molar-refractivity contribution in [3.05, 3.63) is 71.8 Å².